The quantitative estimate of drug-likeness (QED) is 0.277. The second-order valence-electron chi connectivity index (χ2n) is 7.52. The summed E-state index contributed by atoms with van der Waals surface area (Å²) < 4.78 is 80.5. The van der Waals surface area contributed by atoms with Crippen molar-refractivity contribution in [1.29, 1.82) is 0 Å². The zero-order chi connectivity index (χ0) is 25.9. The number of carbonyl (C=O) groups is 2. The first-order chi connectivity index (χ1) is 15.6. The van der Waals surface area contributed by atoms with Crippen LogP contribution in [0.3, 0.4) is 0 Å². The van der Waals surface area contributed by atoms with Crippen LogP contribution in [0.4, 0.5) is 26.3 Å². The summed E-state index contributed by atoms with van der Waals surface area (Å²) in [6.45, 7) is 1.84. The smallest absolute Gasteiger partial charge is 0.376 e. The molecule has 0 radical (unpaired) electrons. The monoisotopic (exact) mass is 573 g/mol. The minimum atomic E-state index is -5.47. The van der Waals surface area contributed by atoms with Crippen LogP contribution < -0.4 is 5.32 Å². The van der Waals surface area contributed by atoms with Gasteiger partial charge in [-0.2, -0.15) is 26.3 Å². The lowest BCUT2D eigenvalue weighted by molar-refractivity contribution is -0.265. The molecule has 1 amide bonds. The Morgan fingerprint density at radius 3 is 2.18 bits per heavy atom. The van der Waals surface area contributed by atoms with E-state index in [1.165, 1.54) is 6.07 Å². The summed E-state index contributed by atoms with van der Waals surface area (Å²) in [5, 5.41) is 13.1. The largest absolute Gasteiger partial charge is 0.421 e. The molecule has 2 rings (SSSR count). The van der Waals surface area contributed by atoms with Crippen LogP contribution >= 0.6 is 27.5 Å². The molecule has 0 bridgehead atoms. The van der Waals surface area contributed by atoms with Gasteiger partial charge >= 0.3 is 12.4 Å². The zero-order valence-corrected chi connectivity index (χ0v) is 19.9. The van der Waals surface area contributed by atoms with E-state index in [0.717, 1.165) is 12.1 Å². The van der Waals surface area contributed by atoms with E-state index in [2.05, 4.69) is 21.2 Å². The summed E-state index contributed by atoms with van der Waals surface area (Å²) in [6.07, 6.45) is -11.1. The van der Waals surface area contributed by atoms with E-state index >= 15 is 0 Å². The highest BCUT2D eigenvalue weighted by molar-refractivity contribution is 9.10. The van der Waals surface area contributed by atoms with Gasteiger partial charge in [-0.05, 0) is 41.8 Å². The molecule has 0 aliphatic carbocycles. The van der Waals surface area contributed by atoms with E-state index in [1.54, 1.807) is 0 Å². The fourth-order valence-electron chi connectivity index (χ4n) is 3.07. The van der Waals surface area contributed by atoms with Crippen LogP contribution in [-0.2, 0) is 23.1 Å². The lowest BCUT2D eigenvalue weighted by Gasteiger charge is -2.31. The van der Waals surface area contributed by atoms with E-state index in [-0.39, 0.29) is 40.0 Å². The predicted molar refractivity (Wildman–Crippen MR) is 116 cm³/mol. The van der Waals surface area contributed by atoms with Crippen molar-refractivity contribution in [1.82, 2.24) is 5.32 Å². The molecule has 2 aromatic carbocycles. The minimum absolute atomic E-state index is 0.0139. The first-order valence-electron chi connectivity index (χ1n) is 9.84. The predicted octanol–water partition coefficient (Wildman–Crippen LogP) is 6.56. The van der Waals surface area contributed by atoms with Crippen molar-refractivity contribution in [3.8, 4) is 0 Å². The average molecular weight is 575 g/mol. The summed E-state index contributed by atoms with van der Waals surface area (Å²) in [6, 6.07) is 4.94. The number of carbonyl (C=O) groups excluding carboxylic acids is 2. The van der Waals surface area contributed by atoms with Gasteiger partial charge in [-0.3, -0.25) is 9.59 Å². The van der Waals surface area contributed by atoms with Crippen molar-refractivity contribution in [2.24, 2.45) is 0 Å². The van der Waals surface area contributed by atoms with Crippen molar-refractivity contribution in [3.63, 3.8) is 0 Å². The standard InChI is InChI=1S/C22H19BrClF6NO3/c1-2-3-19(33)31-11-13-5-4-12(6-17(13)24)18(32)10-20(34,22(28,29)30)14-7-15(21(25,26)27)9-16(23)8-14/h4-9,34H,2-3,10-11H2,1H3,(H,31,33). The number of Topliss-reactive ketones (excluding diaryl/α,β-unsaturated/α-hetero) is 1. The second kappa shape index (κ2) is 10.7. The molecule has 0 fully saturated rings. The van der Waals surface area contributed by atoms with Crippen LogP contribution in [0, 0.1) is 0 Å². The Bertz CT molecular complexity index is 1070. The fourth-order valence-corrected chi connectivity index (χ4v) is 3.81. The maximum Gasteiger partial charge on any atom is 0.421 e. The summed E-state index contributed by atoms with van der Waals surface area (Å²) in [7, 11) is 0. The Morgan fingerprint density at radius 1 is 1.03 bits per heavy atom. The molecule has 12 heteroatoms. The van der Waals surface area contributed by atoms with Crippen molar-refractivity contribution in [2.45, 2.75) is 50.7 Å². The van der Waals surface area contributed by atoms with Crippen molar-refractivity contribution in [3.05, 3.63) is 68.1 Å². The van der Waals surface area contributed by atoms with E-state index in [1.807, 2.05) is 6.92 Å². The number of benzene rings is 2. The topological polar surface area (TPSA) is 66.4 Å². The van der Waals surface area contributed by atoms with Crippen molar-refractivity contribution >= 4 is 39.2 Å². The van der Waals surface area contributed by atoms with Gasteiger partial charge in [0.15, 0.2) is 11.4 Å². The van der Waals surface area contributed by atoms with Gasteiger partial charge in [-0.1, -0.05) is 46.6 Å². The molecule has 2 N–H and O–H groups in total. The number of nitrogens with one attached hydrogen (secondary N) is 1. The van der Waals surface area contributed by atoms with Gasteiger partial charge < -0.3 is 10.4 Å². The Kier molecular flexibility index (Phi) is 8.82. The highest BCUT2D eigenvalue weighted by Crippen LogP contribution is 2.45. The molecule has 0 heterocycles. The maximum atomic E-state index is 13.8. The molecule has 0 saturated carbocycles. The van der Waals surface area contributed by atoms with E-state index < -0.39 is 41.3 Å². The number of hydrogen-bond acceptors (Lipinski definition) is 3. The Morgan fingerprint density at radius 2 is 1.65 bits per heavy atom. The Hall–Kier alpha value is -2.11. The molecule has 1 unspecified atom stereocenters. The van der Waals surface area contributed by atoms with Crippen molar-refractivity contribution in [2.75, 3.05) is 0 Å². The third kappa shape index (κ3) is 6.73. The highest BCUT2D eigenvalue weighted by atomic mass is 79.9. The summed E-state index contributed by atoms with van der Waals surface area (Å²) in [5.74, 6) is -1.43. The molecular weight excluding hydrogens is 556 g/mol. The first kappa shape index (κ1) is 28.1. The SMILES string of the molecule is CCCC(=O)NCc1ccc(C(=O)CC(O)(c2cc(Br)cc(C(F)(F)F)c2)C(F)(F)F)cc1Cl. The number of ketones is 1. The van der Waals surface area contributed by atoms with E-state index in [9.17, 15) is 41.0 Å². The number of alkyl halides is 6. The van der Waals surface area contributed by atoms with Crippen LogP contribution in [0.5, 0.6) is 0 Å². The van der Waals surface area contributed by atoms with Gasteiger partial charge in [0.2, 0.25) is 5.91 Å². The molecule has 0 saturated heterocycles. The van der Waals surface area contributed by atoms with Gasteiger partial charge in [-0.25, -0.2) is 0 Å². The normalized spacial score (nSPS) is 13.9. The van der Waals surface area contributed by atoms with Crippen LogP contribution in [0.15, 0.2) is 40.9 Å². The van der Waals surface area contributed by atoms with Gasteiger partial charge in [0, 0.05) is 28.0 Å². The van der Waals surface area contributed by atoms with Gasteiger partial charge in [-0.15, -0.1) is 0 Å². The fraction of sp³-hybridized carbons (Fsp3) is 0.364. The van der Waals surface area contributed by atoms with Crippen LogP contribution in [-0.4, -0.2) is 23.0 Å². The zero-order valence-electron chi connectivity index (χ0n) is 17.6. The Labute approximate surface area is 204 Å². The van der Waals surface area contributed by atoms with Gasteiger partial charge in [0.25, 0.3) is 0 Å². The number of rotatable bonds is 8. The molecular formula is C22H19BrClF6NO3. The van der Waals surface area contributed by atoms with Gasteiger partial charge in [0.05, 0.1) is 12.0 Å². The third-order valence-electron chi connectivity index (χ3n) is 4.92. The second-order valence-corrected chi connectivity index (χ2v) is 8.84. The van der Waals surface area contributed by atoms with Crippen molar-refractivity contribution < 1.29 is 41.0 Å². The summed E-state index contributed by atoms with van der Waals surface area (Å²) >= 11 is 8.80. The number of halogens is 8. The first-order valence-corrected chi connectivity index (χ1v) is 11.0. The molecule has 0 aliphatic heterocycles. The third-order valence-corrected chi connectivity index (χ3v) is 5.73. The number of hydrogen-bond donors (Lipinski definition) is 2. The molecule has 0 spiro atoms. The van der Waals surface area contributed by atoms with Gasteiger partial charge in [0.1, 0.15) is 0 Å². The van der Waals surface area contributed by atoms with E-state index in [0.29, 0.717) is 24.1 Å². The minimum Gasteiger partial charge on any atom is -0.376 e. The molecule has 0 aromatic heterocycles. The van der Waals surface area contributed by atoms with Crippen LogP contribution in [0.1, 0.15) is 53.2 Å². The molecule has 34 heavy (non-hydrogen) atoms. The maximum absolute atomic E-state index is 13.8. The lowest BCUT2D eigenvalue weighted by atomic mass is 9.85. The van der Waals surface area contributed by atoms with Crippen LogP contribution in [0.2, 0.25) is 5.02 Å². The Balaban J connectivity index is 2.36. The summed E-state index contributed by atoms with van der Waals surface area (Å²) in [5.41, 5.74) is -6.36. The lowest BCUT2D eigenvalue weighted by Crippen LogP contribution is -2.44. The molecule has 1 atom stereocenters. The van der Waals surface area contributed by atoms with E-state index in [4.69, 9.17) is 11.6 Å². The number of aliphatic hydroxyl groups is 1. The number of amides is 1. The molecule has 4 nitrogen and oxygen atoms in total. The molecule has 0 aliphatic rings. The highest BCUT2D eigenvalue weighted by Gasteiger charge is 2.56. The molecule has 186 valence electrons. The molecule has 2 aromatic rings. The summed E-state index contributed by atoms with van der Waals surface area (Å²) in [4.78, 5) is 24.2. The van der Waals surface area contributed by atoms with Crippen LogP contribution in [0.25, 0.3) is 0 Å². The average Bonchev–Trinajstić information content (AvgIpc) is 2.71.